The molecular formula is C14H18O3. The molecule has 92 valence electrons. The highest BCUT2D eigenvalue weighted by atomic mass is 16.7. The Morgan fingerprint density at radius 3 is 3.00 bits per heavy atom. The minimum atomic E-state index is -3.86. The fourth-order valence-corrected chi connectivity index (χ4v) is 1.25. The molecule has 3 nitrogen and oxygen atoms in total. The molecule has 0 bridgehead atoms. The van der Waals surface area contributed by atoms with E-state index in [1.54, 1.807) is 0 Å². The molecule has 1 aromatic carbocycles. The van der Waals surface area contributed by atoms with Crippen molar-refractivity contribution in [3.05, 3.63) is 29.8 Å². The van der Waals surface area contributed by atoms with E-state index in [4.69, 9.17) is 24.6 Å². The van der Waals surface area contributed by atoms with Crippen molar-refractivity contribution in [2.75, 3.05) is 6.79 Å². The summed E-state index contributed by atoms with van der Waals surface area (Å²) in [5, 5.41) is 10.6. The van der Waals surface area contributed by atoms with Crippen LogP contribution in [0.1, 0.15) is 41.2 Å². The lowest BCUT2D eigenvalue weighted by atomic mass is 9.89. The van der Waals surface area contributed by atoms with Crippen molar-refractivity contribution in [3.63, 3.8) is 0 Å². The van der Waals surface area contributed by atoms with Crippen LogP contribution in [0.25, 0.3) is 6.05 Å². The van der Waals surface area contributed by atoms with E-state index in [1.807, 2.05) is 0 Å². The second-order valence-electron chi connectivity index (χ2n) is 3.49. The van der Waals surface area contributed by atoms with Crippen molar-refractivity contribution in [1.29, 1.82) is 0 Å². The molecule has 0 saturated heterocycles. The van der Waals surface area contributed by atoms with Crippen LogP contribution in [-0.4, -0.2) is 18.0 Å². The summed E-state index contributed by atoms with van der Waals surface area (Å²) in [5.41, 5.74) is -3.83. The molecule has 1 N–H and O–H groups in total. The summed E-state index contributed by atoms with van der Waals surface area (Å²) in [4.78, 5) is 0. The summed E-state index contributed by atoms with van der Waals surface area (Å²) in [6, 6.07) is 3.41. The number of hydrogen-bond acceptors (Lipinski definition) is 3. The van der Waals surface area contributed by atoms with Gasteiger partial charge in [0.1, 0.15) is 0 Å². The smallest absolute Gasteiger partial charge is 0.231 e. The summed E-state index contributed by atoms with van der Waals surface area (Å²) < 4.78 is 94.4. The zero-order chi connectivity index (χ0) is 21.8. The van der Waals surface area contributed by atoms with Gasteiger partial charge < -0.3 is 14.6 Å². The highest BCUT2D eigenvalue weighted by Gasteiger charge is 2.19. The number of hydrogen-bond donors (Lipinski definition) is 1. The average Bonchev–Trinajstić information content (AvgIpc) is 2.88. The molecule has 0 saturated carbocycles. The second-order valence-corrected chi connectivity index (χ2v) is 3.49. The Bertz CT molecular complexity index is 738. The standard InChI is InChI=1S/C14H18O3/c1-14(2,3)13(15)7-5-10-4-6-11-12(8-10)17-9-16-11/h4-8,13,15H,9H2,1-3H3/b7-5+/i1D3,2D3,3D3,5D,13D. The van der Waals surface area contributed by atoms with Gasteiger partial charge in [0.15, 0.2) is 11.5 Å². The van der Waals surface area contributed by atoms with E-state index in [9.17, 15) is 5.11 Å². The number of benzene rings is 1. The van der Waals surface area contributed by atoms with Crippen LogP contribution in [0.2, 0.25) is 0 Å². The summed E-state index contributed by atoms with van der Waals surface area (Å²) in [5.74, 6) is 0.623. The average molecular weight is 245 g/mol. The molecular weight excluding hydrogens is 216 g/mol. The maximum Gasteiger partial charge on any atom is 0.231 e. The third-order valence-corrected chi connectivity index (χ3v) is 2.13. The lowest BCUT2D eigenvalue weighted by Crippen LogP contribution is -2.23. The van der Waals surface area contributed by atoms with Crippen LogP contribution in [0.3, 0.4) is 0 Å². The van der Waals surface area contributed by atoms with Gasteiger partial charge in [0.2, 0.25) is 6.79 Å². The first-order valence-electron chi connectivity index (χ1n) is 10.3. The molecule has 1 atom stereocenters. The van der Waals surface area contributed by atoms with Crippen LogP contribution in [0.15, 0.2) is 24.3 Å². The molecule has 0 aliphatic carbocycles. The van der Waals surface area contributed by atoms with Crippen LogP contribution in [-0.2, 0) is 0 Å². The van der Waals surface area contributed by atoms with Gasteiger partial charge in [-0.2, -0.15) is 0 Å². The Balaban J connectivity index is 2.67. The fraction of sp³-hybridized carbons (Fsp3) is 0.429. The van der Waals surface area contributed by atoms with Crippen molar-refractivity contribution < 1.29 is 29.7 Å². The number of ether oxygens (including phenoxy) is 2. The number of rotatable bonds is 2. The first kappa shape index (κ1) is 4.32. The summed E-state index contributed by atoms with van der Waals surface area (Å²) in [6.07, 6.45) is -3.36. The van der Waals surface area contributed by atoms with Gasteiger partial charge in [-0.05, 0) is 23.1 Å². The Morgan fingerprint density at radius 1 is 1.47 bits per heavy atom. The van der Waals surface area contributed by atoms with E-state index in [2.05, 4.69) is 0 Å². The van der Waals surface area contributed by atoms with Gasteiger partial charge in [-0.1, -0.05) is 38.8 Å². The van der Waals surface area contributed by atoms with Gasteiger partial charge in [0, 0.05) is 12.3 Å². The molecule has 0 amide bonds. The van der Waals surface area contributed by atoms with Crippen LogP contribution in [0.5, 0.6) is 11.5 Å². The quantitative estimate of drug-likeness (QED) is 0.870. The first-order valence-corrected chi connectivity index (χ1v) is 4.77. The van der Waals surface area contributed by atoms with E-state index < -0.39 is 38.1 Å². The molecule has 0 fully saturated rings. The maximum atomic E-state index is 10.6. The SMILES string of the molecule is [2H]/C(=C\C([2H])(O)C(C([2H])([2H])[2H])(C([2H])([2H])[2H])C([2H])([2H])[2H])c1ccc2c(c1)OCO2. The van der Waals surface area contributed by atoms with Crippen molar-refractivity contribution in [2.24, 2.45) is 5.41 Å². The predicted octanol–water partition coefficient (Wildman–Crippen LogP) is 2.84. The highest BCUT2D eigenvalue weighted by molar-refractivity contribution is 5.56. The maximum absolute atomic E-state index is 10.6. The van der Waals surface area contributed by atoms with E-state index in [1.165, 1.54) is 18.2 Å². The minimum absolute atomic E-state index is 0.0328. The molecule has 1 aliphatic rings. The highest BCUT2D eigenvalue weighted by Crippen LogP contribution is 2.33. The van der Waals surface area contributed by atoms with Gasteiger partial charge in [0.05, 0.1) is 8.82 Å². The van der Waals surface area contributed by atoms with E-state index >= 15 is 0 Å². The van der Waals surface area contributed by atoms with Gasteiger partial charge in [-0.25, -0.2) is 0 Å². The van der Waals surface area contributed by atoms with Crippen molar-refractivity contribution in [1.82, 2.24) is 0 Å². The largest absolute Gasteiger partial charge is 0.454 e. The van der Waals surface area contributed by atoms with Crippen molar-refractivity contribution in [3.8, 4) is 11.5 Å². The van der Waals surface area contributed by atoms with Crippen LogP contribution in [0, 0.1) is 5.41 Å². The van der Waals surface area contributed by atoms with Crippen molar-refractivity contribution >= 4 is 6.05 Å². The van der Waals surface area contributed by atoms with Crippen LogP contribution >= 0.6 is 0 Å². The number of fused-ring (bicyclic) bond motifs is 1. The van der Waals surface area contributed by atoms with E-state index in [0.29, 0.717) is 11.8 Å². The van der Waals surface area contributed by atoms with E-state index in [-0.39, 0.29) is 18.1 Å². The Hall–Kier alpha value is -1.48. The Morgan fingerprint density at radius 2 is 2.24 bits per heavy atom. The molecule has 17 heavy (non-hydrogen) atoms. The molecule has 1 unspecified atom stereocenters. The van der Waals surface area contributed by atoms with Gasteiger partial charge in [-0.3, -0.25) is 0 Å². The third kappa shape index (κ3) is 2.80. The minimum Gasteiger partial charge on any atom is -0.454 e. The van der Waals surface area contributed by atoms with Gasteiger partial charge in [-0.15, -0.1) is 0 Å². The summed E-state index contributed by atoms with van der Waals surface area (Å²) in [6.45, 7) is -11.4. The zero-order valence-corrected chi connectivity index (χ0v) is 8.78. The van der Waals surface area contributed by atoms with Gasteiger partial charge >= 0.3 is 0 Å². The zero-order valence-electron chi connectivity index (χ0n) is 19.8. The number of aliphatic hydroxyl groups is 1. The molecule has 0 radical (unpaired) electrons. The van der Waals surface area contributed by atoms with Crippen molar-refractivity contribution in [2.45, 2.75) is 26.6 Å². The monoisotopic (exact) mass is 245 g/mol. The molecule has 3 heteroatoms. The Labute approximate surface area is 117 Å². The predicted molar refractivity (Wildman–Crippen MR) is 67.1 cm³/mol. The molecule has 1 heterocycles. The van der Waals surface area contributed by atoms with Gasteiger partial charge in [0.25, 0.3) is 0 Å². The van der Waals surface area contributed by atoms with Crippen LogP contribution in [0.4, 0.5) is 0 Å². The lowest BCUT2D eigenvalue weighted by molar-refractivity contribution is 0.106. The second kappa shape index (κ2) is 4.41. The molecule has 1 aliphatic heterocycles. The molecule has 0 spiro atoms. The lowest BCUT2D eigenvalue weighted by Gasteiger charge is -2.22. The third-order valence-electron chi connectivity index (χ3n) is 2.13. The molecule has 1 aromatic rings. The topological polar surface area (TPSA) is 38.7 Å². The molecule has 0 aromatic heterocycles. The first-order chi connectivity index (χ1) is 12.5. The summed E-state index contributed by atoms with van der Waals surface area (Å²) >= 11 is 0. The van der Waals surface area contributed by atoms with Crippen LogP contribution < -0.4 is 9.47 Å². The van der Waals surface area contributed by atoms with E-state index in [0.717, 1.165) is 0 Å². The normalized spacial score (nSPS) is 30.6. The fourth-order valence-electron chi connectivity index (χ4n) is 1.25. The Kier molecular flexibility index (Phi) is 1.12. The molecule has 2 rings (SSSR count). The summed E-state index contributed by atoms with van der Waals surface area (Å²) in [7, 11) is 0.